The number of phenolic OH excluding ortho intramolecular Hbond substituents is 1. The minimum absolute atomic E-state index is 0.00458. The fraction of sp³-hybridized carbons (Fsp3) is 0.516. The Kier molecular flexibility index (Phi) is 7.09. The van der Waals surface area contributed by atoms with Gasteiger partial charge in [-0.15, -0.1) is 17.8 Å². The summed E-state index contributed by atoms with van der Waals surface area (Å²) in [6, 6.07) is 0.590. The highest BCUT2D eigenvalue weighted by Crippen LogP contribution is 2.63. The lowest BCUT2D eigenvalue weighted by Gasteiger charge is -2.63. The van der Waals surface area contributed by atoms with Crippen LogP contribution in [-0.4, -0.2) is 78.9 Å². The summed E-state index contributed by atoms with van der Waals surface area (Å²) in [6.45, 7) is 6.80. The molecule has 234 valence electrons. The number of piperazine rings is 1. The van der Waals surface area contributed by atoms with Crippen LogP contribution < -0.4 is 18.9 Å². The van der Waals surface area contributed by atoms with E-state index in [-0.39, 0.29) is 37.0 Å². The standard InChI is InChI=1S/C31H33N2O10S/c1-12-6-16-7-17-8-33-18-9-39-31(37)19(42-14(3)34)10-44-30(24(33)23(32-17)20(16)25(36)26(12)38-5)22-21(18)29-28(40-11-41-29)13(2)27(22)43-15(4)35/h6,17-19,23-24,30,36H,7-11H2,1-5H3/q-1/t17-,18-,19-,23+,24?,30+/m0/s1. The van der Waals surface area contributed by atoms with Crippen LogP contribution in [0.4, 0.5) is 0 Å². The molecule has 13 heteroatoms. The summed E-state index contributed by atoms with van der Waals surface area (Å²) in [5, 5.41) is 16.4. The Morgan fingerprint density at radius 1 is 1.07 bits per heavy atom. The molecule has 0 saturated carbocycles. The van der Waals surface area contributed by atoms with Crippen molar-refractivity contribution >= 4 is 29.7 Å². The molecular weight excluding hydrogens is 592 g/mol. The third-order valence-corrected chi connectivity index (χ3v) is 10.4. The first-order valence-electron chi connectivity index (χ1n) is 14.5. The second-order valence-electron chi connectivity index (χ2n) is 11.7. The van der Waals surface area contributed by atoms with Gasteiger partial charge in [-0.2, -0.15) is 0 Å². The molecule has 4 bridgehead atoms. The number of methoxy groups -OCH3 is 1. The van der Waals surface area contributed by atoms with E-state index in [2.05, 4.69) is 11.0 Å². The molecule has 0 aromatic heterocycles. The van der Waals surface area contributed by atoms with E-state index in [4.69, 9.17) is 33.7 Å². The van der Waals surface area contributed by atoms with Crippen LogP contribution in [0.25, 0.3) is 5.32 Å². The summed E-state index contributed by atoms with van der Waals surface area (Å²) >= 11 is 1.39. The average molecular weight is 626 g/mol. The van der Waals surface area contributed by atoms with Gasteiger partial charge in [0.1, 0.15) is 12.4 Å². The van der Waals surface area contributed by atoms with Crippen molar-refractivity contribution in [3.63, 3.8) is 0 Å². The minimum atomic E-state index is -1.14. The second-order valence-corrected chi connectivity index (χ2v) is 12.9. The lowest BCUT2D eigenvalue weighted by Crippen LogP contribution is -2.58. The molecule has 0 spiro atoms. The Morgan fingerprint density at radius 3 is 2.57 bits per heavy atom. The summed E-state index contributed by atoms with van der Waals surface area (Å²) in [7, 11) is 1.53. The number of thioether (sulfide) groups is 1. The number of rotatable bonds is 3. The van der Waals surface area contributed by atoms with E-state index >= 15 is 0 Å². The van der Waals surface area contributed by atoms with Crippen molar-refractivity contribution in [2.75, 3.05) is 32.8 Å². The van der Waals surface area contributed by atoms with Gasteiger partial charge in [0.15, 0.2) is 23.0 Å². The summed E-state index contributed by atoms with van der Waals surface area (Å²) < 4.78 is 34.7. The first-order chi connectivity index (χ1) is 21.1. The Morgan fingerprint density at radius 2 is 1.84 bits per heavy atom. The van der Waals surface area contributed by atoms with Crippen molar-refractivity contribution in [2.45, 2.75) is 69.6 Å². The number of hydrogen-bond donors (Lipinski definition) is 1. The monoisotopic (exact) mass is 625 g/mol. The summed E-state index contributed by atoms with van der Waals surface area (Å²) in [5.74, 6) is 0.183. The van der Waals surface area contributed by atoms with E-state index in [1.54, 1.807) is 0 Å². The van der Waals surface area contributed by atoms with Crippen molar-refractivity contribution in [1.29, 1.82) is 0 Å². The van der Waals surface area contributed by atoms with Gasteiger partial charge in [0.2, 0.25) is 12.9 Å². The molecule has 5 heterocycles. The predicted molar refractivity (Wildman–Crippen MR) is 157 cm³/mol. The van der Waals surface area contributed by atoms with E-state index in [0.29, 0.717) is 47.1 Å². The molecule has 0 amide bonds. The SMILES string of the molecule is COc1c(C)cc2c(c1O)[C@H]1[N-][C@@H](C2)CN2C1[C@@H]1SC[C@H](OC(C)=O)C(=O)OC[C@H]2c2c3c(c(C)c(OC(C)=O)c21)OCO3. The van der Waals surface area contributed by atoms with Gasteiger partial charge in [0.25, 0.3) is 0 Å². The highest BCUT2D eigenvalue weighted by molar-refractivity contribution is 7.99. The third-order valence-electron chi connectivity index (χ3n) is 9.05. The van der Waals surface area contributed by atoms with Gasteiger partial charge in [0, 0.05) is 47.6 Å². The van der Waals surface area contributed by atoms with Gasteiger partial charge in [0.05, 0.1) is 13.2 Å². The Balaban J connectivity index is 1.48. The van der Waals surface area contributed by atoms with Gasteiger partial charge in [-0.1, -0.05) is 12.1 Å². The van der Waals surface area contributed by atoms with Gasteiger partial charge in [-0.3, -0.25) is 14.5 Å². The predicted octanol–water partition coefficient (Wildman–Crippen LogP) is 3.71. The second kappa shape index (κ2) is 10.7. The first kappa shape index (κ1) is 29.1. The number of esters is 3. The Bertz CT molecular complexity index is 1590. The van der Waals surface area contributed by atoms with Crippen LogP contribution in [0.2, 0.25) is 0 Å². The molecule has 1 unspecified atom stereocenters. The van der Waals surface area contributed by atoms with Crippen molar-refractivity contribution in [1.82, 2.24) is 4.90 Å². The molecule has 5 aliphatic rings. The maximum Gasteiger partial charge on any atom is 0.348 e. The van der Waals surface area contributed by atoms with Gasteiger partial charge >= 0.3 is 17.9 Å². The first-order valence-corrected chi connectivity index (χ1v) is 15.6. The van der Waals surface area contributed by atoms with E-state index in [0.717, 1.165) is 22.3 Å². The van der Waals surface area contributed by atoms with Crippen LogP contribution in [0.15, 0.2) is 6.07 Å². The zero-order chi connectivity index (χ0) is 31.0. The van der Waals surface area contributed by atoms with Crippen molar-refractivity contribution < 1.29 is 47.9 Å². The topological polar surface area (TPSA) is 144 Å². The van der Waals surface area contributed by atoms with Gasteiger partial charge < -0.3 is 38.8 Å². The minimum Gasteiger partial charge on any atom is -0.650 e. The van der Waals surface area contributed by atoms with Crippen molar-refractivity contribution in [2.24, 2.45) is 0 Å². The molecule has 0 radical (unpaired) electrons. The van der Waals surface area contributed by atoms with Gasteiger partial charge in [-0.25, -0.2) is 4.79 Å². The summed E-state index contributed by atoms with van der Waals surface area (Å²) in [5.41, 5.74) is 4.61. The molecule has 7 rings (SSSR count). The molecule has 2 fully saturated rings. The molecule has 1 N–H and O–H groups in total. The number of phenols is 1. The van der Waals surface area contributed by atoms with Crippen LogP contribution in [0, 0.1) is 13.8 Å². The number of ether oxygens (including phenoxy) is 6. The van der Waals surface area contributed by atoms with Crippen LogP contribution in [0.3, 0.4) is 0 Å². The largest absolute Gasteiger partial charge is 0.650 e. The molecule has 2 aromatic rings. The normalized spacial score (nSPS) is 28.2. The van der Waals surface area contributed by atoms with Crippen molar-refractivity contribution in [3.8, 4) is 28.7 Å². The number of carbonyl (C=O) groups is 3. The maximum absolute atomic E-state index is 13.2. The lowest BCUT2D eigenvalue weighted by atomic mass is 9.74. The maximum atomic E-state index is 13.2. The molecule has 12 nitrogen and oxygen atoms in total. The number of hydrogen-bond acceptors (Lipinski definition) is 12. The molecule has 2 aromatic carbocycles. The summed E-state index contributed by atoms with van der Waals surface area (Å²) in [6.07, 6.45) is -0.507. The van der Waals surface area contributed by atoms with Crippen molar-refractivity contribution in [3.05, 3.63) is 44.8 Å². The number of aryl methyl sites for hydroxylation is 1. The number of cyclic esters (lactones) is 1. The fourth-order valence-corrected chi connectivity index (χ4v) is 9.00. The van der Waals surface area contributed by atoms with E-state index < -0.39 is 41.3 Å². The number of aromatic hydroxyl groups is 1. The Labute approximate surface area is 258 Å². The third kappa shape index (κ3) is 4.39. The van der Waals surface area contributed by atoms with E-state index in [1.165, 1.54) is 32.7 Å². The number of fused-ring (bicyclic) bond motifs is 9. The van der Waals surface area contributed by atoms with Crippen LogP contribution in [0.1, 0.15) is 64.6 Å². The quantitative estimate of drug-likeness (QED) is 0.392. The zero-order valence-corrected chi connectivity index (χ0v) is 25.8. The van der Waals surface area contributed by atoms with Crippen LogP contribution >= 0.6 is 11.8 Å². The van der Waals surface area contributed by atoms with E-state index in [9.17, 15) is 19.5 Å². The number of carbonyl (C=O) groups excluding carboxylic acids is 3. The molecule has 0 aliphatic carbocycles. The van der Waals surface area contributed by atoms with E-state index in [1.807, 2.05) is 13.8 Å². The highest BCUT2D eigenvalue weighted by atomic mass is 32.2. The lowest BCUT2D eigenvalue weighted by molar-refractivity contribution is -0.166. The molecule has 5 aliphatic heterocycles. The smallest absolute Gasteiger partial charge is 0.348 e. The molecule has 2 saturated heterocycles. The summed E-state index contributed by atoms with van der Waals surface area (Å²) in [4.78, 5) is 40.0. The molecular formula is C31H33N2O10S-. The fourth-order valence-electron chi connectivity index (χ4n) is 7.51. The molecule has 6 atom stereocenters. The number of nitrogens with zero attached hydrogens (tertiary/aromatic N) is 2. The van der Waals surface area contributed by atoms with Crippen LogP contribution in [0.5, 0.6) is 28.7 Å². The highest BCUT2D eigenvalue weighted by Gasteiger charge is 2.52. The van der Waals surface area contributed by atoms with Crippen LogP contribution in [-0.2, 0) is 30.3 Å². The molecule has 44 heavy (non-hydrogen) atoms. The van der Waals surface area contributed by atoms with Gasteiger partial charge in [-0.05, 0) is 43.5 Å². The Hall–Kier alpha value is -3.68. The average Bonchev–Trinajstić information content (AvgIpc) is 3.45. The number of benzene rings is 2. The zero-order valence-electron chi connectivity index (χ0n) is 25.0.